The molecule has 28 heavy (non-hydrogen) atoms. The highest BCUT2D eigenvalue weighted by Crippen LogP contribution is 2.30. The van der Waals surface area contributed by atoms with Crippen LogP contribution in [0.4, 0.5) is 11.4 Å². The van der Waals surface area contributed by atoms with Gasteiger partial charge in [-0.15, -0.1) is 0 Å². The highest BCUT2D eigenvalue weighted by Gasteiger charge is 2.43. The van der Waals surface area contributed by atoms with Crippen molar-refractivity contribution in [2.75, 3.05) is 10.2 Å². The van der Waals surface area contributed by atoms with E-state index in [1.165, 1.54) is 0 Å². The largest absolute Gasteiger partial charge is 0.323 e. The second kappa shape index (κ2) is 7.27. The number of aromatic nitrogens is 1. The maximum atomic E-state index is 13.4. The van der Waals surface area contributed by atoms with Gasteiger partial charge < -0.3 is 5.32 Å². The zero-order valence-corrected chi connectivity index (χ0v) is 15.9. The molecule has 0 bridgehead atoms. The van der Waals surface area contributed by atoms with Gasteiger partial charge in [-0.05, 0) is 37.1 Å². The maximum Gasteiger partial charge on any atom is 0.294 e. The number of nitrogens with one attached hydrogen (secondary N) is 1. The van der Waals surface area contributed by atoms with Gasteiger partial charge in [0.2, 0.25) is 18.3 Å². The Labute approximate surface area is 164 Å². The molecule has 1 atom stereocenters. The van der Waals surface area contributed by atoms with E-state index in [1.807, 2.05) is 91.3 Å². The van der Waals surface area contributed by atoms with Crippen LogP contribution in [0.3, 0.4) is 0 Å². The van der Waals surface area contributed by atoms with Crippen LogP contribution >= 0.6 is 0 Å². The average molecular weight is 372 g/mol. The molecule has 1 aromatic heterocycles. The normalized spacial score (nSPS) is 15.9. The number of aryl methyl sites for hydroxylation is 2. The van der Waals surface area contributed by atoms with Crippen molar-refractivity contribution in [1.82, 2.24) is 0 Å². The molecular formula is C23H22N3O2+. The first kappa shape index (κ1) is 17.9. The topological polar surface area (TPSA) is 53.3 Å². The van der Waals surface area contributed by atoms with Crippen LogP contribution in [-0.4, -0.2) is 11.8 Å². The Morgan fingerprint density at radius 1 is 0.964 bits per heavy atom. The fourth-order valence-corrected chi connectivity index (χ4v) is 3.72. The van der Waals surface area contributed by atoms with Crippen LogP contribution in [0.2, 0.25) is 0 Å². The Morgan fingerprint density at radius 2 is 1.64 bits per heavy atom. The molecule has 140 valence electrons. The molecule has 3 aromatic rings. The zero-order chi connectivity index (χ0) is 19.7. The molecule has 2 aromatic carbocycles. The molecule has 4 rings (SSSR count). The van der Waals surface area contributed by atoms with Crippen molar-refractivity contribution in [3.8, 4) is 0 Å². The quantitative estimate of drug-likeness (QED) is 0.717. The van der Waals surface area contributed by atoms with Gasteiger partial charge in [-0.2, -0.15) is 4.57 Å². The molecule has 2 amide bonds. The number of amides is 2. The molecule has 0 aliphatic carbocycles. The monoisotopic (exact) mass is 372 g/mol. The summed E-state index contributed by atoms with van der Waals surface area (Å²) in [5.41, 5.74) is 4.27. The Hall–Kier alpha value is -3.47. The maximum absolute atomic E-state index is 13.4. The molecule has 1 aliphatic rings. The molecule has 0 saturated heterocycles. The van der Waals surface area contributed by atoms with E-state index in [4.69, 9.17) is 0 Å². The van der Waals surface area contributed by atoms with Gasteiger partial charge in [0.05, 0.1) is 0 Å². The van der Waals surface area contributed by atoms with Gasteiger partial charge in [0.1, 0.15) is 0 Å². The summed E-state index contributed by atoms with van der Waals surface area (Å²) in [6.07, 6.45) is 1.84. The van der Waals surface area contributed by atoms with Crippen LogP contribution in [0.5, 0.6) is 0 Å². The van der Waals surface area contributed by atoms with Gasteiger partial charge >= 0.3 is 0 Å². The number of benzene rings is 2. The number of pyridine rings is 1. The molecule has 0 saturated carbocycles. The summed E-state index contributed by atoms with van der Waals surface area (Å²) >= 11 is 0. The molecule has 1 N–H and O–H groups in total. The van der Waals surface area contributed by atoms with Crippen molar-refractivity contribution < 1.29 is 14.2 Å². The van der Waals surface area contributed by atoms with E-state index < -0.39 is 6.04 Å². The van der Waals surface area contributed by atoms with Gasteiger partial charge in [-0.3, -0.25) is 14.5 Å². The van der Waals surface area contributed by atoms with Crippen LogP contribution in [0.25, 0.3) is 0 Å². The third kappa shape index (κ3) is 3.16. The molecule has 1 aliphatic heterocycles. The third-order valence-electron chi connectivity index (χ3n) is 5.10. The number of anilines is 2. The highest BCUT2D eigenvalue weighted by atomic mass is 16.2. The van der Waals surface area contributed by atoms with Crippen molar-refractivity contribution in [2.24, 2.45) is 0 Å². The number of fused-ring (bicyclic) bond motifs is 1. The lowest BCUT2D eigenvalue weighted by molar-refractivity contribution is -0.695. The minimum absolute atomic E-state index is 0.114. The lowest BCUT2D eigenvalue weighted by atomic mass is 10.0. The Balaban J connectivity index is 1.80. The summed E-state index contributed by atoms with van der Waals surface area (Å²) in [6.45, 7) is 4.14. The van der Waals surface area contributed by atoms with E-state index in [0.717, 1.165) is 22.5 Å². The van der Waals surface area contributed by atoms with Gasteiger partial charge in [0.15, 0.2) is 6.20 Å². The molecular weight excluding hydrogens is 350 g/mol. The molecule has 5 heteroatoms. The van der Waals surface area contributed by atoms with E-state index in [1.54, 1.807) is 4.90 Å². The van der Waals surface area contributed by atoms with Crippen LogP contribution in [0.1, 0.15) is 22.9 Å². The van der Waals surface area contributed by atoms with E-state index in [2.05, 4.69) is 5.32 Å². The third-order valence-corrected chi connectivity index (χ3v) is 5.10. The van der Waals surface area contributed by atoms with Gasteiger partial charge in [0.25, 0.3) is 11.8 Å². The predicted molar refractivity (Wildman–Crippen MR) is 108 cm³/mol. The molecule has 0 fully saturated rings. The van der Waals surface area contributed by atoms with Crippen molar-refractivity contribution >= 4 is 23.2 Å². The first-order valence-electron chi connectivity index (χ1n) is 9.29. The van der Waals surface area contributed by atoms with Crippen LogP contribution in [0, 0.1) is 13.8 Å². The highest BCUT2D eigenvalue weighted by molar-refractivity contribution is 6.05. The summed E-state index contributed by atoms with van der Waals surface area (Å²) in [5.74, 6) is -0.342. The SMILES string of the molecule is Cc1cccc(C)c1NC(=O)[C@@H]1c2cccc[n+]2CC(=O)N1c1ccccc1. The number of carbonyl (C=O) groups is 2. The molecule has 0 spiro atoms. The number of hydrogen-bond donors (Lipinski definition) is 1. The summed E-state index contributed by atoms with van der Waals surface area (Å²) in [5, 5.41) is 3.06. The summed E-state index contributed by atoms with van der Waals surface area (Å²) in [4.78, 5) is 28.0. The first-order chi connectivity index (χ1) is 13.6. The molecule has 2 heterocycles. The zero-order valence-electron chi connectivity index (χ0n) is 15.9. The summed E-state index contributed by atoms with van der Waals surface area (Å²) < 4.78 is 1.84. The minimum Gasteiger partial charge on any atom is -0.323 e. The van der Waals surface area contributed by atoms with Crippen molar-refractivity contribution in [3.05, 3.63) is 89.7 Å². The van der Waals surface area contributed by atoms with Crippen LogP contribution < -0.4 is 14.8 Å². The number of rotatable bonds is 3. The van der Waals surface area contributed by atoms with Gasteiger partial charge in [-0.25, -0.2) is 0 Å². The summed E-state index contributed by atoms with van der Waals surface area (Å²) in [6, 6.07) is 20.2. The average Bonchev–Trinajstić information content (AvgIpc) is 2.70. The fraction of sp³-hybridized carbons (Fsp3) is 0.174. The van der Waals surface area contributed by atoms with Gasteiger partial charge in [-0.1, -0.05) is 42.5 Å². The smallest absolute Gasteiger partial charge is 0.294 e. The van der Waals surface area contributed by atoms with Gasteiger partial charge in [0, 0.05) is 23.5 Å². The number of hydrogen-bond acceptors (Lipinski definition) is 2. The Kier molecular flexibility index (Phi) is 4.65. The molecule has 5 nitrogen and oxygen atoms in total. The van der Waals surface area contributed by atoms with E-state index in [-0.39, 0.29) is 18.4 Å². The summed E-state index contributed by atoms with van der Waals surface area (Å²) in [7, 11) is 0. The van der Waals surface area contributed by atoms with E-state index in [9.17, 15) is 9.59 Å². The standard InChI is InChI=1S/C23H21N3O2/c1-16-9-8-10-17(2)21(16)24-23(28)22-19-13-6-7-14-25(19)15-20(27)26(22)18-11-4-3-5-12-18/h3-14,22H,15H2,1-2H3/p+1/t22-/m0/s1. The fourth-order valence-electron chi connectivity index (χ4n) is 3.72. The predicted octanol–water partition coefficient (Wildman–Crippen LogP) is 3.32. The van der Waals surface area contributed by atoms with Crippen molar-refractivity contribution in [3.63, 3.8) is 0 Å². The molecule has 0 radical (unpaired) electrons. The lowest BCUT2D eigenvalue weighted by Gasteiger charge is -2.32. The van der Waals surface area contributed by atoms with Crippen molar-refractivity contribution in [2.45, 2.75) is 26.4 Å². The first-order valence-corrected chi connectivity index (χ1v) is 9.29. The molecule has 0 unspecified atom stereocenters. The number of para-hydroxylation sites is 2. The van der Waals surface area contributed by atoms with Crippen molar-refractivity contribution in [1.29, 1.82) is 0 Å². The van der Waals surface area contributed by atoms with Crippen LogP contribution in [-0.2, 0) is 16.1 Å². The Bertz CT molecular complexity index is 1030. The second-order valence-electron chi connectivity index (χ2n) is 7.01. The second-order valence-corrected chi connectivity index (χ2v) is 7.01. The lowest BCUT2D eigenvalue weighted by Crippen LogP contribution is -2.58. The van der Waals surface area contributed by atoms with E-state index in [0.29, 0.717) is 5.69 Å². The van der Waals surface area contributed by atoms with E-state index >= 15 is 0 Å². The number of nitrogens with zero attached hydrogens (tertiary/aromatic N) is 2. The van der Waals surface area contributed by atoms with Crippen LogP contribution in [0.15, 0.2) is 72.9 Å². The minimum atomic E-state index is -0.746. The Morgan fingerprint density at radius 3 is 2.36 bits per heavy atom. The number of carbonyl (C=O) groups excluding carboxylic acids is 2.